The Balaban J connectivity index is 1.36. The highest BCUT2D eigenvalue weighted by molar-refractivity contribution is 7.17. The van der Waals surface area contributed by atoms with Crippen LogP contribution in [-0.4, -0.2) is 36.2 Å². The molecule has 2 aromatic heterocycles. The molecule has 3 heterocycles. The maximum Gasteiger partial charge on any atom is 0.261 e. The van der Waals surface area contributed by atoms with Gasteiger partial charge in [-0.1, -0.05) is 24.3 Å². The van der Waals surface area contributed by atoms with Crippen LogP contribution in [0, 0.1) is 5.82 Å². The molecule has 0 saturated carbocycles. The van der Waals surface area contributed by atoms with Crippen LogP contribution in [-0.2, 0) is 11.3 Å². The van der Waals surface area contributed by atoms with Gasteiger partial charge in [0.25, 0.3) is 5.91 Å². The maximum absolute atomic E-state index is 14.0. The SMILES string of the molecule is CC1CN(c2ccc(CNC(=O)c3ccc(-c4ccccc4F)s3)cn2)CC(C)O1. The number of carbonyl (C=O) groups is 1. The number of hydrogen-bond donors (Lipinski definition) is 1. The molecule has 1 saturated heterocycles. The van der Waals surface area contributed by atoms with Crippen molar-refractivity contribution in [1.29, 1.82) is 0 Å². The van der Waals surface area contributed by atoms with Gasteiger partial charge >= 0.3 is 0 Å². The zero-order valence-electron chi connectivity index (χ0n) is 17.0. The molecule has 1 aromatic carbocycles. The quantitative estimate of drug-likeness (QED) is 0.654. The molecule has 0 bridgehead atoms. The summed E-state index contributed by atoms with van der Waals surface area (Å²) in [6.45, 7) is 6.14. The van der Waals surface area contributed by atoms with E-state index in [0.717, 1.165) is 29.3 Å². The molecule has 1 aliphatic rings. The Morgan fingerprint density at radius 1 is 1.17 bits per heavy atom. The van der Waals surface area contributed by atoms with E-state index in [-0.39, 0.29) is 23.9 Å². The van der Waals surface area contributed by atoms with E-state index in [2.05, 4.69) is 29.0 Å². The first-order chi connectivity index (χ1) is 14.5. The molecule has 1 aliphatic heterocycles. The van der Waals surface area contributed by atoms with Crippen LogP contribution < -0.4 is 10.2 Å². The van der Waals surface area contributed by atoms with E-state index in [1.54, 1.807) is 36.5 Å². The Bertz CT molecular complexity index is 1010. The number of thiophene rings is 1. The van der Waals surface area contributed by atoms with Crippen LogP contribution >= 0.6 is 11.3 Å². The third kappa shape index (κ3) is 4.68. The van der Waals surface area contributed by atoms with Gasteiger partial charge in [0.1, 0.15) is 11.6 Å². The average Bonchev–Trinajstić information content (AvgIpc) is 3.22. The number of halogens is 1. The molecule has 2 unspecified atom stereocenters. The lowest BCUT2D eigenvalue weighted by molar-refractivity contribution is -0.00546. The fourth-order valence-electron chi connectivity index (χ4n) is 3.61. The molecule has 1 amide bonds. The van der Waals surface area contributed by atoms with Crippen molar-refractivity contribution >= 4 is 23.1 Å². The Morgan fingerprint density at radius 2 is 1.93 bits per heavy atom. The zero-order chi connectivity index (χ0) is 21.1. The number of anilines is 1. The number of pyridine rings is 1. The number of amides is 1. The number of morpholine rings is 1. The van der Waals surface area contributed by atoms with Crippen LogP contribution in [0.4, 0.5) is 10.2 Å². The molecule has 156 valence electrons. The van der Waals surface area contributed by atoms with Crippen LogP contribution in [0.2, 0.25) is 0 Å². The van der Waals surface area contributed by atoms with Crippen molar-refractivity contribution < 1.29 is 13.9 Å². The third-order valence-corrected chi connectivity index (χ3v) is 6.09. The highest BCUT2D eigenvalue weighted by Gasteiger charge is 2.23. The standard InChI is InChI=1S/C23H24FN3O2S/c1-15-13-27(14-16(2)29-15)22-10-7-17(11-25-22)12-26-23(28)21-9-8-20(30-21)18-5-3-4-6-19(18)24/h3-11,15-16H,12-14H2,1-2H3,(H,26,28). The first-order valence-corrected chi connectivity index (χ1v) is 10.8. The number of ether oxygens (including phenoxy) is 1. The summed E-state index contributed by atoms with van der Waals surface area (Å²) in [5, 5.41) is 2.91. The van der Waals surface area contributed by atoms with E-state index in [4.69, 9.17) is 4.74 Å². The summed E-state index contributed by atoms with van der Waals surface area (Å²) < 4.78 is 19.7. The first-order valence-electron chi connectivity index (χ1n) is 9.98. The Morgan fingerprint density at radius 3 is 2.63 bits per heavy atom. The van der Waals surface area contributed by atoms with Crippen LogP contribution in [0.3, 0.4) is 0 Å². The summed E-state index contributed by atoms with van der Waals surface area (Å²) >= 11 is 1.28. The van der Waals surface area contributed by atoms with Gasteiger partial charge in [0.05, 0.1) is 17.1 Å². The summed E-state index contributed by atoms with van der Waals surface area (Å²) in [7, 11) is 0. The second-order valence-corrected chi connectivity index (χ2v) is 8.60. The van der Waals surface area contributed by atoms with Crippen LogP contribution in [0.25, 0.3) is 10.4 Å². The van der Waals surface area contributed by atoms with Crippen molar-refractivity contribution in [2.24, 2.45) is 0 Å². The molecule has 2 atom stereocenters. The van der Waals surface area contributed by atoms with E-state index in [0.29, 0.717) is 17.0 Å². The Labute approximate surface area is 179 Å². The highest BCUT2D eigenvalue weighted by Crippen LogP contribution is 2.30. The lowest BCUT2D eigenvalue weighted by atomic mass is 10.2. The largest absolute Gasteiger partial charge is 0.372 e. The van der Waals surface area contributed by atoms with Gasteiger partial charge in [0.15, 0.2) is 0 Å². The van der Waals surface area contributed by atoms with Crippen molar-refractivity contribution in [1.82, 2.24) is 10.3 Å². The molecule has 0 radical (unpaired) electrons. The van der Waals surface area contributed by atoms with Gasteiger partial charge in [-0.25, -0.2) is 9.37 Å². The molecule has 1 N–H and O–H groups in total. The van der Waals surface area contributed by atoms with E-state index in [1.165, 1.54) is 17.4 Å². The van der Waals surface area contributed by atoms with Crippen LogP contribution in [0.1, 0.15) is 29.1 Å². The van der Waals surface area contributed by atoms with Crippen LogP contribution in [0.15, 0.2) is 54.7 Å². The maximum atomic E-state index is 14.0. The van der Waals surface area contributed by atoms with Gasteiger partial charge in [-0.05, 0) is 43.7 Å². The predicted octanol–water partition coefficient (Wildman–Crippen LogP) is 4.49. The number of carbonyl (C=O) groups excluding carboxylic acids is 1. The lowest BCUT2D eigenvalue weighted by Crippen LogP contribution is -2.45. The van der Waals surface area contributed by atoms with Gasteiger partial charge in [0.2, 0.25) is 0 Å². The van der Waals surface area contributed by atoms with Crippen molar-refractivity contribution in [3.8, 4) is 10.4 Å². The molecular formula is C23H24FN3O2S. The molecule has 1 fully saturated rings. The predicted molar refractivity (Wildman–Crippen MR) is 117 cm³/mol. The van der Waals surface area contributed by atoms with E-state index < -0.39 is 0 Å². The minimum absolute atomic E-state index is 0.176. The highest BCUT2D eigenvalue weighted by atomic mass is 32.1. The number of hydrogen-bond acceptors (Lipinski definition) is 5. The normalized spacial score (nSPS) is 19.0. The van der Waals surface area contributed by atoms with Crippen molar-refractivity contribution in [3.63, 3.8) is 0 Å². The number of nitrogens with one attached hydrogen (secondary N) is 1. The van der Waals surface area contributed by atoms with Gasteiger partial charge in [0, 0.05) is 36.3 Å². The minimum Gasteiger partial charge on any atom is -0.372 e. The van der Waals surface area contributed by atoms with Gasteiger partial charge in [-0.2, -0.15) is 0 Å². The lowest BCUT2D eigenvalue weighted by Gasteiger charge is -2.36. The summed E-state index contributed by atoms with van der Waals surface area (Å²) in [5.74, 6) is 0.448. The van der Waals surface area contributed by atoms with Crippen molar-refractivity contribution in [3.05, 3.63) is 71.0 Å². The van der Waals surface area contributed by atoms with Gasteiger partial charge in [-0.3, -0.25) is 4.79 Å². The minimum atomic E-state index is -0.290. The molecule has 4 rings (SSSR count). The molecule has 5 nitrogen and oxygen atoms in total. The number of rotatable bonds is 5. The smallest absolute Gasteiger partial charge is 0.261 e. The average molecular weight is 426 g/mol. The number of aromatic nitrogens is 1. The topological polar surface area (TPSA) is 54.5 Å². The molecular weight excluding hydrogens is 401 g/mol. The van der Waals surface area contributed by atoms with Crippen molar-refractivity contribution in [2.75, 3.05) is 18.0 Å². The van der Waals surface area contributed by atoms with Gasteiger partial charge < -0.3 is 15.0 Å². The monoisotopic (exact) mass is 425 g/mol. The second kappa shape index (κ2) is 8.93. The second-order valence-electron chi connectivity index (χ2n) is 7.51. The third-order valence-electron chi connectivity index (χ3n) is 4.97. The molecule has 30 heavy (non-hydrogen) atoms. The van der Waals surface area contributed by atoms with Gasteiger partial charge in [-0.15, -0.1) is 11.3 Å². The molecule has 0 aliphatic carbocycles. The Hall–Kier alpha value is -2.77. The van der Waals surface area contributed by atoms with Crippen molar-refractivity contribution in [2.45, 2.75) is 32.6 Å². The number of benzene rings is 1. The summed E-state index contributed by atoms with van der Waals surface area (Å²) in [5.41, 5.74) is 1.43. The summed E-state index contributed by atoms with van der Waals surface area (Å²) in [6.07, 6.45) is 2.14. The van der Waals surface area contributed by atoms with E-state index in [1.807, 2.05) is 12.1 Å². The fraction of sp³-hybridized carbons (Fsp3) is 0.304. The van der Waals surface area contributed by atoms with E-state index >= 15 is 0 Å². The molecule has 3 aromatic rings. The number of nitrogens with zero attached hydrogens (tertiary/aromatic N) is 2. The molecule has 7 heteroatoms. The molecule has 0 spiro atoms. The van der Waals surface area contributed by atoms with E-state index in [9.17, 15) is 9.18 Å². The first kappa shape index (κ1) is 20.5. The summed E-state index contributed by atoms with van der Waals surface area (Å²) in [6, 6.07) is 14.0. The van der Waals surface area contributed by atoms with Crippen LogP contribution in [0.5, 0.6) is 0 Å². The zero-order valence-corrected chi connectivity index (χ0v) is 17.8. The Kier molecular flexibility index (Phi) is 6.11. The summed E-state index contributed by atoms with van der Waals surface area (Å²) in [4.78, 5) is 20.6. The fourth-order valence-corrected chi connectivity index (χ4v) is 4.56.